The molecule has 1 aliphatic carbocycles. The van der Waals surface area contributed by atoms with Gasteiger partial charge in [-0.05, 0) is 40.5 Å². The summed E-state index contributed by atoms with van der Waals surface area (Å²) in [5, 5.41) is 22.9. The highest BCUT2D eigenvalue weighted by Gasteiger charge is 2.29. The number of hydrogen-bond acceptors (Lipinski definition) is 5. The molecule has 0 radical (unpaired) electrons. The van der Waals surface area contributed by atoms with E-state index >= 15 is 0 Å². The molecule has 0 aromatic heterocycles. The Bertz CT molecular complexity index is 1230. The minimum absolute atomic E-state index is 0.0277. The Kier molecular flexibility index (Phi) is 7.07. The summed E-state index contributed by atoms with van der Waals surface area (Å²) in [6, 6.07) is 19.1. The van der Waals surface area contributed by atoms with Gasteiger partial charge in [-0.15, -0.1) is 0 Å². The van der Waals surface area contributed by atoms with Gasteiger partial charge in [-0.3, -0.25) is 10.1 Å². The second-order valence-electron chi connectivity index (χ2n) is 8.04. The fourth-order valence-electron chi connectivity index (χ4n) is 4.10. The first-order valence-corrected chi connectivity index (χ1v) is 11.0. The standard InChI is InChI=1S/C26H23FN2O6/c27-15-9-10-22(20(13-15)24(31)28-12-11-23(30)25(32)33)29-26(34)35-14-21-18-7-3-1-5-16(18)17-6-2-4-8-19(17)21/h1-10,13,21,23,30H,11-12,14H2,(H,28,31)(H,29,34)(H,32,33)/t23-/m0/s1. The van der Waals surface area contributed by atoms with Crippen LogP contribution >= 0.6 is 0 Å². The van der Waals surface area contributed by atoms with Gasteiger partial charge in [0.15, 0.2) is 6.10 Å². The predicted octanol–water partition coefficient (Wildman–Crippen LogP) is 3.75. The number of aliphatic hydroxyl groups excluding tert-OH is 1. The fourth-order valence-corrected chi connectivity index (χ4v) is 4.10. The lowest BCUT2D eigenvalue weighted by atomic mass is 9.98. The summed E-state index contributed by atoms with van der Waals surface area (Å²) in [6.45, 7) is -0.0944. The van der Waals surface area contributed by atoms with E-state index in [1.807, 2.05) is 48.5 Å². The van der Waals surface area contributed by atoms with Crippen LogP contribution in [0.3, 0.4) is 0 Å². The van der Waals surface area contributed by atoms with Crippen molar-refractivity contribution < 1.29 is 33.7 Å². The smallest absolute Gasteiger partial charge is 0.411 e. The maximum atomic E-state index is 13.8. The molecular weight excluding hydrogens is 455 g/mol. The average Bonchev–Trinajstić information content (AvgIpc) is 3.17. The van der Waals surface area contributed by atoms with Crippen LogP contribution in [0, 0.1) is 5.82 Å². The minimum atomic E-state index is -1.64. The Hall–Kier alpha value is -4.24. The largest absolute Gasteiger partial charge is 0.479 e. The van der Waals surface area contributed by atoms with E-state index in [1.165, 1.54) is 6.07 Å². The number of carboxylic acid groups (broad SMARTS) is 1. The number of anilines is 1. The van der Waals surface area contributed by atoms with Crippen LogP contribution in [0.25, 0.3) is 11.1 Å². The summed E-state index contributed by atoms with van der Waals surface area (Å²) >= 11 is 0. The van der Waals surface area contributed by atoms with E-state index in [4.69, 9.17) is 9.84 Å². The molecular formula is C26H23FN2O6. The van der Waals surface area contributed by atoms with Crippen molar-refractivity contribution in [1.29, 1.82) is 0 Å². The molecule has 2 amide bonds. The number of ether oxygens (including phenoxy) is 1. The number of benzene rings is 3. The van der Waals surface area contributed by atoms with Crippen molar-refractivity contribution in [3.63, 3.8) is 0 Å². The predicted molar refractivity (Wildman–Crippen MR) is 126 cm³/mol. The summed E-state index contributed by atoms with van der Waals surface area (Å²) < 4.78 is 19.3. The Morgan fingerprint density at radius 3 is 2.23 bits per heavy atom. The van der Waals surface area contributed by atoms with Crippen LogP contribution in [0.2, 0.25) is 0 Å². The molecule has 4 rings (SSSR count). The summed E-state index contributed by atoms with van der Waals surface area (Å²) in [7, 11) is 0. The molecule has 4 N–H and O–H groups in total. The van der Waals surface area contributed by atoms with E-state index in [2.05, 4.69) is 10.6 Å². The van der Waals surface area contributed by atoms with E-state index in [9.17, 15) is 23.9 Å². The quantitative estimate of drug-likeness (QED) is 0.391. The van der Waals surface area contributed by atoms with Crippen LogP contribution in [-0.4, -0.2) is 47.4 Å². The highest BCUT2D eigenvalue weighted by molar-refractivity contribution is 6.02. The molecule has 3 aromatic carbocycles. The van der Waals surface area contributed by atoms with Gasteiger partial charge in [0.25, 0.3) is 5.91 Å². The number of carbonyl (C=O) groups excluding carboxylic acids is 2. The maximum absolute atomic E-state index is 13.8. The van der Waals surface area contributed by atoms with Gasteiger partial charge >= 0.3 is 12.1 Å². The van der Waals surface area contributed by atoms with Gasteiger partial charge in [-0.25, -0.2) is 14.0 Å². The van der Waals surface area contributed by atoms with Gasteiger partial charge in [-0.1, -0.05) is 48.5 Å². The highest BCUT2D eigenvalue weighted by Crippen LogP contribution is 2.44. The molecule has 0 unspecified atom stereocenters. The molecule has 8 nitrogen and oxygen atoms in total. The number of nitrogens with one attached hydrogen (secondary N) is 2. The molecule has 0 aliphatic heterocycles. The highest BCUT2D eigenvalue weighted by atomic mass is 19.1. The molecule has 180 valence electrons. The van der Waals surface area contributed by atoms with Crippen molar-refractivity contribution in [3.05, 3.63) is 89.2 Å². The Morgan fingerprint density at radius 1 is 0.971 bits per heavy atom. The summed E-state index contributed by atoms with van der Waals surface area (Å²) in [5.74, 6) is -3.00. The zero-order valence-corrected chi connectivity index (χ0v) is 18.5. The van der Waals surface area contributed by atoms with Crippen LogP contribution in [0.5, 0.6) is 0 Å². The van der Waals surface area contributed by atoms with Gasteiger partial charge < -0.3 is 20.3 Å². The first kappa shape index (κ1) is 23.9. The molecule has 0 heterocycles. The lowest BCUT2D eigenvalue weighted by molar-refractivity contribution is -0.146. The molecule has 9 heteroatoms. The Balaban J connectivity index is 1.42. The third kappa shape index (κ3) is 5.30. The average molecular weight is 478 g/mol. The van der Waals surface area contributed by atoms with Gasteiger partial charge in [0.05, 0.1) is 11.3 Å². The number of carboxylic acids is 1. The molecule has 1 atom stereocenters. The Labute approximate surface area is 200 Å². The van der Waals surface area contributed by atoms with Crippen molar-refractivity contribution in [3.8, 4) is 11.1 Å². The molecule has 0 bridgehead atoms. The van der Waals surface area contributed by atoms with E-state index in [0.29, 0.717) is 0 Å². The zero-order valence-electron chi connectivity index (χ0n) is 18.5. The number of halogens is 1. The first-order chi connectivity index (χ1) is 16.8. The van der Waals surface area contributed by atoms with Gasteiger partial charge in [-0.2, -0.15) is 0 Å². The van der Waals surface area contributed by atoms with Crippen molar-refractivity contribution in [1.82, 2.24) is 5.32 Å². The van der Waals surface area contributed by atoms with Crippen LogP contribution in [0.4, 0.5) is 14.9 Å². The molecule has 35 heavy (non-hydrogen) atoms. The van der Waals surface area contributed by atoms with E-state index in [-0.39, 0.29) is 36.7 Å². The van der Waals surface area contributed by atoms with E-state index < -0.39 is 29.9 Å². The van der Waals surface area contributed by atoms with Crippen LogP contribution in [-0.2, 0) is 9.53 Å². The third-order valence-electron chi connectivity index (χ3n) is 5.80. The summed E-state index contributed by atoms with van der Waals surface area (Å²) in [4.78, 5) is 35.8. The molecule has 1 aliphatic rings. The van der Waals surface area contributed by atoms with E-state index in [0.717, 1.165) is 34.4 Å². The number of carbonyl (C=O) groups is 3. The van der Waals surface area contributed by atoms with Crippen LogP contribution in [0.1, 0.15) is 33.8 Å². The minimum Gasteiger partial charge on any atom is -0.479 e. The van der Waals surface area contributed by atoms with Gasteiger partial charge in [0, 0.05) is 18.9 Å². The molecule has 0 spiro atoms. The number of hydrogen-bond donors (Lipinski definition) is 4. The van der Waals surface area contributed by atoms with Crippen LogP contribution in [0.15, 0.2) is 66.7 Å². The number of aliphatic hydroxyl groups is 1. The van der Waals surface area contributed by atoms with Crippen LogP contribution < -0.4 is 10.6 Å². The molecule has 3 aromatic rings. The fraction of sp³-hybridized carbons (Fsp3) is 0.192. The third-order valence-corrected chi connectivity index (χ3v) is 5.80. The van der Waals surface area contributed by atoms with Gasteiger partial charge in [0.2, 0.25) is 0 Å². The topological polar surface area (TPSA) is 125 Å². The summed E-state index contributed by atoms with van der Waals surface area (Å²) in [6.07, 6.45) is -2.68. The van der Waals surface area contributed by atoms with Crippen molar-refractivity contribution in [2.45, 2.75) is 18.4 Å². The van der Waals surface area contributed by atoms with Crippen molar-refractivity contribution in [2.24, 2.45) is 0 Å². The molecule has 0 saturated carbocycles. The molecule has 0 saturated heterocycles. The lowest BCUT2D eigenvalue weighted by Crippen LogP contribution is -2.31. The van der Waals surface area contributed by atoms with Crippen molar-refractivity contribution >= 4 is 23.7 Å². The number of aliphatic carboxylic acids is 1. The monoisotopic (exact) mass is 478 g/mol. The second kappa shape index (κ2) is 10.4. The zero-order chi connectivity index (χ0) is 24.9. The van der Waals surface area contributed by atoms with E-state index in [1.54, 1.807) is 0 Å². The second-order valence-corrected chi connectivity index (χ2v) is 8.04. The first-order valence-electron chi connectivity index (χ1n) is 11.0. The number of fused-ring (bicyclic) bond motifs is 3. The normalized spacial score (nSPS) is 12.9. The SMILES string of the molecule is O=C(Nc1ccc(F)cc1C(=O)NCC[C@H](O)C(=O)O)OCC1c2ccccc2-c2ccccc21. The number of rotatable bonds is 8. The lowest BCUT2D eigenvalue weighted by Gasteiger charge is -2.16. The number of amides is 2. The Morgan fingerprint density at radius 2 is 1.60 bits per heavy atom. The summed E-state index contributed by atoms with van der Waals surface area (Å²) in [5.41, 5.74) is 4.13. The molecule has 0 fully saturated rings. The van der Waals surface area contributed by atoms with Gasteiger partial charge in [0.1, 0.15) is 12.4 Å². The van der Waals surface area contributed by atoms with Crippen molar-refractivity contribution in [2.75, 3.05) is 18.5 Å². The maximum Gasteiger partial charge on any atom is 0.411 e.